The number of aromatic nitrogens is 3. The van der Waals surface area contributed by atoms with Crippen molar-refractivity contribution in [2.75, 3.05) is 0 Å². The van der Waals surface area contributed by atoms with Crippen LogP contribution in [0.3, 0.4) is 0 Å². The van der Waals surface area contributed by atoms with Crippen molar-refractivity contribution in [2.45, 2.75) is 33.1 Å². The van der Waals surface area contributed by atoms with Crippen molar-refractivity contribution in [3.05, 3.63) is 29.4 Å². The first-order valence-electron chi connectivity index (χ1n) is 6.43. The van der Waals surface area contributed by atoms with Crippen LogP contribution in [0.5, 0.6) is 0 Å². The average Bonchev–Trinajstić information content (AvgIpc) is 2.79. The number of hydrogen-bond acceptors (Lipinski definition) is 3. The minimum atomic E-state index is -0.962. The van der Waals surface area contributed by atoms with E-state index in [1.165, 1.54) is 0 Å². The molecule has 0 bridgehead atoms. The first-order chi connectivity index (χ1) is 9.15. The predicted octanol–water partition coefficient (Wildman–Crippen LogP) is 2.57. The van der Waals surface area contributed by atoms with E-state index in [1.807, 2.05) is 6.92 Å². The average molecular weight is 259 g/mol. The lowest BCUT2D eigenvalue weighted by molar-refractivity contribution is -0.131. The van der Waals surface area contributed by atoms with Gasteiger partial charge in [-0.2, -0.15) is 0 Å². The normalized spacial score (nSPS) is 11.5. The quantitative estimate of drug-likeness (QED) is 0.809. The molecule has 5 nitrogen and oxygen atoms in total. The Labute approximate surface area is 111 Å². The molecule has 5 heteroatoms. The standard InChI is InChI=1S/C14H17N3O2/c1-3-5-11-16-10(4-2)13-9(6-7-12(18)19)8-15-14(13)17-11/h6-8H,3-5H2,1-2H3,(H,18,19)(H,15,16,17)/b7-6+. The number of hydrogen-bond donors (Lipinski definition) is 2. The van der Waals surface area contributed by atoms with Gasteiger partial charge in [0.15, 0.2) is 0 Å². The van der Waals surface area contributed by atoms with Crippen LogP contribution in [0.15, 0.2) is 12.3 Å². The number of H-pyrrole nitrogens is 1. The molecule has 2 N–H and O–H groups in total. The first kappa shape index (κ1) is 13.3. The monoisotopic (exact) mass is 259 g/mol. The van der Waals surface area contributed by atoms with Crippen molar-refractivity contribution in [3.8, 4) is 0 Å². The molecule has 100 valence electrons. The number of aromatic amines is 1. The SMILES string of the molecule is CCCc1nc(CC)c2c(/C=C/C(=O)O)c[nH]c2n1. The summed E-state index contributed by atoms with van der Waals surface area (Å²) in [5.74, 6) is -0.126. The highest BCUT2D eigenvalue weighted by atomic mass is 16.4. The number of carboxylic acids is 1. The van der Waals surface area contributed by atoms with Crippen LogP contribution in [0.4, 0.5) is 0 Å². The van der Waals surface area contributed by atoms with Gasteiger partial charge in [0.1, 0.15) is 11.5 Å². The van der Waals surface area contributed by atoms with E-state index in [2.05, 4.69) is 21.9 Å². The Balaban J connectivity index is 2.54. The predicted molar refractivity (Wildman–Crippen MR) is 73.9 cm³/mol. The van der Waals surface area contributed by atoms with Gasteiger partial charge in [-0.25, -0.2) is 14.8 Å². The third-order valence-electron chi connectivity index (χ3n) is 2.90. The van der Waals surface area contributed by atoms with Gasteiger partial charge in [0.25, 0.3) is 0 Å². The molecule has 0 atom stereocenters. The summed E-state index contributed by atoms with van der Waals surface area (Å²) in [6.07, 6.45) is 7.11. The number of aliphatic carboxylic acids is 1. The number of rotatable bonds is 5. The smallest absolute Gasteiger partial charge is 0.328 e. The van der Waals surface area contributed by atoms with Crippen molar-refractivity contribution in [2.24, 2.45) is 0 Å². The summed E-state index contributed by atoms with van der Waals surface area (Å²) in [7, 11) is 0. The molecular weight excluding hydrogens is 242 g/mol. The Hall–Kier alpha value is -2.17. The Kier molecular flexibility index (Phi) is 3.94. The number of fused-ring (bicyclic) bond motifs is 1. The van der Waals surface area contributed by atoms with Crippen molar-refractivity contribution in [3.63, 3.8) is 0 Å². The Morgan fingerprint density at radius 3 is 2.84 bits per heavy atom. The van der Waals surface area contributed by atoms with Gasteiger partial charge < -0.3 is 10.1 Å². The van der Waals surface area contributed by atoms with E-state index in [4.69, 9.17) is 5.11 Å². The first-order valence-corrected chi connectivity index (χ1v) is 6.43. The maximum absolute atomic E-state index is 10.6. The van der Waals surface area contributed by atoms with Crippen LogP contribution in [-0.2, 0) is 17.6 Å². The molecule has 2 heterocycles. The van der Waals surface area contributed by atoms with Gasteiger partial charge >= 0.3 is 5.97 Å². The number of carbonyl (C=O) groups is 1. The zero-order chi connectivity index (χ0) is 13.8. The molecular formula is C14H17N3O2. The highest BCUT2D eigenvalue weighted by molar-refractivity contribution is 5.93. The number of carboxylic acid groups (broad SMARTS) is 1. The molecule has 0 aliphatic rings. The molecule has 2 rings (SSSR count). The van der Waals surface area contributed by atoms with Crippen LogP contribution in [0.1, 0.15) is 37.4 Å². The molecule has 0 aliphatic heterocycles. The topological polar surface area (TPSA) is 78.9 Å². The van der Waals surface area contributed by atoms with Gasteiger partial charge in [-0.15, -0.1) is 0 Å². The lowest BCUT2D eigenvalue weighted by atomic mass is 10.1. The summed E-state index contributed by atoms with van der Waals surface area (Å²) >= 11 is 0. The molecule has 0 saturated heterocycles. The van der Waals surface area contributed by atoms with E-state index in [0.29, 0.717) is 0 Å². The fraction of sp³-hybridized carbons (Fsp3) is 0.357. The minimum absolute atomic E-state index is 0.778. The minimum Gasteiger partial charge on any atom is -0.478 e. The van der Waals surface area contributed by atoms with Crippen molar-refractivity contribution < 1.29 is 9.90 Å². The van der Waals surface area contributed by atoms with Crippen LogP contribution in [-0.4, -0.2) is 26.0 Å². The van der Waals surface area contributed by atoms with E-state index < -0.39 is 5.97 Å². The Morgan fingerprint density at radius 1 is 1.42 bits per heavy atom. The van der Waals surface area contributed by atoms with Gasteiger partial charge in [-0.3, -0.25) is 0 Å². The Morgan fingerprint density at radius 2 is 2.21 bits per heavy atom. The van der Waals surface area contributed by atoms with Gasteiger partial charge in [0.2, 0.25) is 0 Å². The van der Waals surface area contributed by atoms with Crippen LogP contribution >= 0.6 is 0 Å². The maximum Gasteiger partial charge on any atom is 0.328 e. The van der Waals surface area contributed by atoms with Gasteiger partial charge in [0.05, 0.1) is 5.69 Å². The molecule has 0 saturated carbocycles. The zero-order valence-corrected chi connectivity index (χ0v) is 11.1. The molecule has 0 aliphatic carbocycles. The maximum atomic E-state index is 10.6. The molecule has 0 radical (unpaired) electrons. The van der Waals surface area contributed by atoms with Crippen LogP contribution in [0.2, 0.25) is 0 Å². The van der Waals surface area contributed by atoms with Crippen LogP contribution < -0.4 is 0 Å². The summed E-state index contributed by atoms with van der Waals surface area (Å²) in [5, 5.41) is 9.61. The van der Waals surface area contributed by atoms with Crippen molar-refractivity contribution in [1.82, 2.24) is 15.0 Å². The molecule has 0 spiro atoms. The molecule has 2 aromatic rings. The zero-order valence-electron chi connectivity index (χ0n) is 11.1. The van der Waals surface area contributed by atoms with Gasteiger partial charge in [-0.05, 0) is 18.9 Å². The lowest BCUT2D eigenvalue weighted by Gasteiger charge is -2.04. The van der Waals surface area contributed by atoms with E-state index in [9.17, 15) is 4.79 Å². The lowest BCUT2D eigenvalue weighted by Crippen LogP contribution is -2.00. The van der Waals surface area contributed by atoms with Crippen molar-refractivity contribution >= 4 is 23.1 Å². The largest absolute Gasteiger partial charge is 0.478 e. The molecule has 0 fully saturated rings. The second kappa shape index (κ2) is 5.65. The number of aryl methyl sites for hydroxylation is 2. The van der Waals surface area contributed by atoms with E-state index >= 15 is 0 Å². The van der Waals surface area contributed by atoms with Gasteiger partial charge in [-0.1, -0.05) is 13.8 Å². The Bertz CT molecular complexity index is 629. The highest BCUT2D eigenvalue weighted by Crippen LogP contribution is 2.22. The molecule has 0 aromatic carbocycles. The van der Waals surface area contributed by atoms with Crippen molar-refractivity contribution in [1.29, 1.82) is 0 Å². The third kappa shape index (κ3) is 2.81. The second-order valence-electron chi connectivity index (χ2n) is 4.33. The van der Waals surface area contributed by atoms with Gasteiger partial charge in [0, 0.05) is 29.6 Å². The highest BCUT2D eigenvalue weighted by Gasteiger charge is 2.11. The number of nitrogens with one attached hydrogen (secondary N) is 1. The summed E-state index contributed by atoms with van der Waals surface area (Å²) < 4.78 is 0. The van der Waals surface area contributed by atoms with E-state index in [1.54, 1.807) is 12.3 Å². The second-order valence-corrected chi connectivity index (χ2v) is 4.33. The fourth-order valence-corrected chi connectivity index (χ4v) is 2.07. The molecule has 19 heavy (non-hydrogen) atoms. The van der Waals surface area contributed by atoms with Crippen LogP contribution in [0.25, 0.3) is 17.1 Å². The molecule has 0 amide bonds. The third-order valence-corrected chi connectivity index (χ3v) is 2.90. The van der Waals surface area contributed by atoms with E-state index in [-0.39, 0.29) is 0 Å². The summed E-state index contributed by atoms with van der Waals surface area (Å²) in [4.78, 5) is 22.7. The molecule has 0 unspecified atom stereocenters. The summed E-state index contributed by atoms with van der Waals surface area (Å²) in [6, 6.07) is 0. The summed E-state index contributed by atoms with van der Waals surface area (Å²) in [5.41, 5.74) is 2.55. The fourth-order valence-electron chi connectivity index (χ4n) is 2.07. The number of nitrogens with zero attached hydrogens (tertiary/aromatic N) is 2. The van der Waals surface area contributed by atoms with Crippen LogP contribution in [0, 0.1) is 0 Å². The summed E-state index contributed by atoms with van der Waals surface area (Å²) in [6.45, 7) is 4.13. The van der Waals surface area contributed by atoms with E-state index in [0.717, 1.165) is 53.5 Å². The molecule has 2 aromatic heterocycles.